The lowest BCUT2D eigenvalue weighted by Crippen LogP contribution is -2.37. The minimum Gasteiger partial charge on any atom is -0.330 e. The Morgan fingerprint density at radius 3 is 2.55 bits per heavy atom. The van der Waals surface area contributed by atoms with Crippen molar-refractivity contribution in [3.8, 4) is 0 Å². The molecule has 0 saturated carbocycles. The minimum atomic E-state index is -4.60. The first-order valence-corrected chi connectivity index (χ1v) is 7.33. The maximum Gasteiger partial charge on any atom is 0.402 e. The van der Waals surface area contributed by atoms with E-state index in [-0.39, 0.29) is 5.69 Å². The Labute approximate surface area is 115 Å². The van der Waals surface area contributed by atoms with Crippen LogP contribution in [0.3, 0.4) is 0 Å². The first kappa shape index (κ1) is 16.7. The van der Waals surface area contributed by atoms with E-state index in [1.165, 1.54) is 10.8 Å². The summed E-state index contributed by atoms with van der Waals surface area (Å²) >= 11 is 0. The molecule has 0 aliphatic rings. The monoisotopic (exact) mass is 311 g/mol. The Morgan fingerprint density at radius 1 is 1.25 bits per heavy atom. The lowest BCUT2D eigenvalue weighted by atomic mass is 10.1. The lowest BCUT2D eigenvalue weighted by Gasteiger charge is -2.12. The van der Waals surface area contributed by atoms with Crippen LogP contribution in [0, 0.1) is 0 Å². The Balaban J connectivity index is 2.67. The van der Waals surface area contributed by atoms with Crippen LogP contribution in [-0.2, 0) is 16.6 Å². The van der Waals surface area contributed by atoms with Crippen LogP contribution in [0.1, 0.15) is 12.0 Å². The molecule has 0 aromatic heterocycles. The molecule has 4 N–H and O–H groups in total. The molecule has 0 spiro atoms. The summed E-state index contributed by atoms with van der Waals surface area (Å²) in [6, 6.07) is 6.42. The summed E-state index contributed by atoms with van der Waals surface area (Å²) in [6.45, 7) is -1.11. The highest BCUT2D eigenvalue weighted by Crippen LogP contribution is 2.15. The first-order valence-electron chi connectivity index (χ1n) is 5.85. The van der Waals surface area contributed by atoms with E-state index in [1.807, 2.05) is 4.72 Å². The van der Waals surface area contributed by atoms with Crippen molar-refractivity contribution in [2.45, 2.75) is 19.0 Å². The summed E-state index contributed by atoms with van der Waals surface area (Å²) in [5.41, 5.74) is 6.42. The quantitative estimate of drug-likeness (QED) is 0.711. The van der Waals surface area contributed by atoms with Gasteiger partial charge < -0.3 is 5.73 Å². The third kappa shape index (κ3) is 6.73. The first-order chi connectivity index (χ1) is 9.22. The molecule has 1 rings (SSSR count). The molecule has 0 saturated heterocycles. The second kappa shape index (κ2) is 6.91. The number of anilines is 1. The average molecular weight is 311 g/mol. The predicted molar refractivity (Wildman–Crippen MR) is 70.4 cm³/mol. The summed E-state index contributed by atoms with van der Waals surface area (Å²) in [5.74, 6) is 0. The van der Waals surface area contributed by atoms with E-state index in [9.17, 15) is 21.6 Å². The second-order valence-electron chi connectivity index (χ2n) is 4.13. The fourth-order valence-electron chi connectivity index (χ4n) is 1.46. The molecule has 1 aromatic carbocycles. The number of nitrogens with one attached hydrogen (secondary N) is 2. The van der Waals surface area contributed by atoms with Crippen LogP contribution in [0.15, 0.2) is 24.3 Å². The fourth-order valence-corrected chi connectivity index (χ4v) is 2.33. The Hall–Kier alpha value is -1.32. The Bertz CT molecular complexity index is 532. The molecule has 0 heterocycles. The van der Waals surface area contributed by atoms with Gasteiger partial charge in [0.05, 0.1) is 5.69 Å². The van der Waals surface area contributed by atoms with Crippen molar-refractivity contribution in [2.75, 3.05) is 17.8 Å². The maximum absolute atomic E-state index is 12.0. The molecule has 1 aromatic rings. The van der Waals surface area contributed by atoms with Crippen molar-refractivity contribution in [2.24, 2.45) is 5.73 Å². The molecule has 0 radical (unpaired) electrons. The van der Waals surface area contributed by atoms with E-state index in [1.54, 1.807) is 18.2 Å². The Morgan fingerprint density at radius 2 is 1.95 bits per heavy atom. The standard InChI is InChI=1S/C11H16F3N3O2S/c12-11(13,14)8-16-20(18,19)17-10-5-1-3-9(7-10)4-2-6-15/h1,3,5,7,16-17H,2,4,6,8,15H2. The zero-order chi connectivity index (χ0) is 15.2. The van der Waals surface area contributed by atoms with Gasteiger partial charge >= 0.3 is 6.18 Å². The van der Waals surface area contributed by atoms with E-state index in [0.717, 1.165) is 12.0 Å². The van der Waals surface area contributed by atoms with Gasteiger partial charge in [0.25, 0.3) is 10.2 Å². The topological polar surface area (TPSA) is 84.2 Å². The molecule has 0 unspecified atom stereocenters. The fraction of sp³-hybridized carbons (Fsp3) is 0.455. The van der Waals surface area contributed by atoms with Gasteiger partial charge in [-0.05, 0) is 37.1 Å². The zero-order valence-electron chi connectivity index (χ0n) is 10.6. The van der Waals surface area contributed by atoms with Crippen LogP contribution in [0.5, 0.6) is 0 Å². The van der Waals surface area contributed by atoms with Gasteiger partial charge in [-0.1, -0.05) is 12.1 Å². The summed E-state index contributed by atoms with van der Waals surface area (Å²) in [6.07, 6.45) is -3.19. The van der Waals surface area contributed by atoms with Crippen molar-refractivity contribution in [1.82, 2.24) is 4.72 Å². The number of nitrogens with two attached hydrogens (primary N) is 1. The second-order valence-corrected chi connectivity index (χ2v) is 5.63. The Kier molecular flexibility index (Phi) is 5.78. The number of hydrogen-bond donors (Lipinski definition) is 3. The molecule has 0 aliphatic carbocycles. The van der Waals surface area contributed by atoms with E-state index < -0.39 is 22.9 Å². The normalized spacial score (nSPS) is 12.4. The number of halogens is 3. The van der Waals surface area contributed by atoms with Crippen LogP contribution in [0.4, 0.5) is 18.9 Å². The molecule has 0 aliphatic heterocycles. The van der Waals surface area contributed by atoms with Crippen molar-refractivity contribution >= 4 is 15.9 Å². The van der Waals surface area contributed by atoms with Gasteiger partial charge in [-0.25, -0.2) is 0 Å². The van der Waals surface area contributed by atoms with Crippen LogP contribution in [0.2, 0.25) is 0 Å². The van der Waals surface area contributed by atoms with Gasteiger partial charge in [-0.15, -0.1) is 0 Å². The molecule has 0 fully saturated rings. The van der Waals surface area contributed by atoms with Crippen molar-refractivity contribution in [1.29, 1.82) is 0 Å². The average Bonchev–Trinajstić information content (AvgIpc) is 2.33. The molecular formula is C11H16F3N3O2S. The summed E-state index contributed by atoms with van der Waals surface area (Å²) in [4.78, 5) is 0. The van der Waals surface area contributed by atoms with Gasteiger partial charge in [-0.3, -0.25) is 4.72 Å². The molecule has 0 bridgehead atoms. The summed E-state index contributed by atoms with van der Waals surface area (Å²) in [5, 5.41) is 0. The van der Waals surface area contributed by atoms with Crippen LogP contribution in [-0.4, -0.2) is 27.7 Å². The van der Waals surface area contributed by atoms with E-state index >= 15 is 0 Å². The van der Waals surface area contributed by atoms with Crippen LogP contribution >= 0.6 is 0 Å². The third-order valence-electron chi connectivity index (χ3n) is 2.31. The van der Waals surface area contributed by atoms with E-state index in [2.05, 4.69) is 0 Å². The smallest absolute Gasteiger partial charge is 0.330 e. The van der Waals surface area contributed by atoms with Gasteiger partial charge in [0.2, 0.25) is 0 Å². The summed E-state index contributed by atoms with van der Waals surface area (Å²) < 4.78 is 62.2. The zero-order valence-corrected chi connectivity index (χ0v) is 11.4. The lowest BCUT2D eigenvalue weighted by molar-refractivity contribution is -0.121. The number of benzene rings is 1. The number of hydrogen-bond acceptors (Lipinski definition) is 3. The molecule has 9 heteroatoms. The third-order valence-corrected chi connectivity index (χ3v) is 3.34. The molecule has 0 atom stereocenters. The van der Waals surface area contributed by atoms with Crippen LogP contribution < -0.4 is 15.2 Å². The highest BCUT2D eigenvalue weighted by molar-refractivity contribution is 7.90. The molecule has 20 heavy (non-hydrogen) atoms. The minimum absolute atomic E-state index is 0.203. The van der Waals surface area contributed by atoms with Gasteiger partial charge in [0.15, 0.2) is 0 Å². The van der Waals surface area contributed by atoms with Crippen molar-refractivity contribution in [3.05, 3.63) is 29.8 Å². The number of rotatable bonds is 7. The molecule has 0 amide bonds. The van der Waals surface area contributed by atoms with Crippen molar-refractivity contribution < 1.29 is 21.6 Å². The molecular weight excluding hydrogens is 295 g/mol. The highest BCUT2D eigenvalue weighted by Gasteiger charge is 2.29. The summed E-state index contributed by atoms with van der Waals surface area (Å²) in [7, 11) is -4.25. The van der Waals surface area contributed by atoms with E-state index in [4.69, 9.17) is 5.73 Å². The molecule has 114 valence electrons. The number of aryl methyl sites for hydroxylation is 1. The van der Waals surface area contributed by atoms with Crippen molar-refractivity contribution in [3.63, 3.8) is 0 Å². The van der Waals surface area contributed by atoms with Gasteiger partial charge in [-0.2, -0.15) is 26.3 Å². The van der Waals surface area contributed by atoms with Gasteiger partial charge in [0.1, 0.15) is 6.54 Å². The highest BCUT2D eigenvalue weighted by atomic mass is 32.2. The maximum atomic E-state index is 12.0. The molecule has 5 nitrogen and oxygen atoms in total. The van der Waals surface area contributed by atoms with Crippen LogP contribution in [0.25, 0.3) is 0 Å². The SMILES string of the molecule is NCCCc1cccc(NS(=O)(=O)NCC(F)(F)F)c1. The largest absolute Gasteiger partial charge is 0.402 e. The van der Waals surface area contributed by atoms with E-state index in [0.29, 0.717) is 13.0 Å². The number of alkyl halides is 3. The van der Waals surface area contributed by atoms with Gasteiger partial charge in [0, 0.05) is 0 Å². The predicted octanol–water partition coefficient (Wildman–Crippen LogP) is 1.39.